The molecule has 5 nitrogen and oxygen atoms in total. The monoisotopic (exact) mass is 454 g/mol. The minimum atomic E-state index is -0.263. The second-order valence-corrected chi connectivity index (χ2v) is 10.7. The average molecular weight is 455 g/mol. The lowest BCUT2D eigenvalue weighted by Gasteiger charge is -2.26. The molecule has 1 aromatic carbocycles. The summed E-state index contributed by atoms with van der Waals surface area (Å²) < 4.78 is 2.32. The molecule has 2 heterocycles. The molecule has 1 atom stereocenters. The van der Waals surface area contributed by atoms with Crippen LogP contribution in [0.3, 0.4) is 0 Å². The third-order valence-electron chi connectivity index (χ3n) is 5.89. The van der Waals surface area contributed by atoms with Gasteiger partial charge in [-0.1, -0.05) is 49.2 Å². The number of hydrogen-bond donors (Lipinski definition) is 1. The van der Waals surface area contributed by atoms with Crippen molar-refractivity contribution in [2.75, 3.05) is 5.32 Å². The van der Waals surface area contributed by atoms with Crippen molar-refractivity contribution in [3.63, 3.8) is 0 Å². The van der Waals surface area contributed by atoms with E-state index in [1.165, 1.54) is 35.9 Å². The van der Waals surface area contributed by atoms with Crippen LogP contribution in [0.5, 0.6) is 0 Å². The summed E-state index contributed by atoms with van der Waals surface area (Å²) in [4.78, 5) is 14.2. The smallest absolute Gasteiger partial charge is 0.237 e. The van der Waals surface area contributed by atoms with Gasteiger partial charge in [-0.25, -0.2) is 0 Å². The van der Waals surface area contributed by atoms with E-state index in [0.717, 1.165) is 47.1 Å². The van der Waals surface area contributed by atoms with Crippen molar-refractivity contribution in [1.29, 1.82) is 0 Å². The fourth-order valence-electron chi connectivity index (χ4n) is 4.10. The van der Waals surface area contributed by atoms with E-state index in [2.05, 4.69) is 43.7 Å². The number of amides is 1. The number of carbonyl (C=O) groups is 1. The highest BCUT2D eigenvalue weighted by atomic mass is 32.2. The van der Waals surface area contributed by atoms with Crippen molar-refractivity contribution in [1.82, 2.24) is 14.8 Å². The Morgan fingerprint density at radius 1 is 1.23 bits per heavy atom. The number of carbonyl (C=O) groups excluding carboxylic acids is 1. The first-order valence-electron chi connectivity index (χ1n) is 11.0. The Morgan fingerprint density at radius 3 is 2.77 bits per heavy atom. The second kappa shape index (κ2) is 10.0. The van der Waals surface area contributed by atoms with E-state index in [1.807, 2.05) is 32.9 Å². The van der Waals surface area contributed by atoms with E-state index < -0.39 is 0 Å². The Morgan fingerprint density at radius 2 is 2.03 bits per heavy atom. The number of aromatic nitrogens is 3. The van der Waals surface area contributed by atoms with Crippen LogP contribution in [0.4, 0.5) is 5.69 Å². The van der Waals surface area contributed by atoms with Crippen LogP contribution in [0.1, 0.15) is 66.9 Å². The third-order valence-corrected chi connectivity index (χ3v) is 7.82. The Balaban J connectivity index is 1.53. The quantitative estimate of drug-likeness (QED) is 0.434. The predicted octanol–water partition coefficient (Wildman–Crippen LogP) is 6.17. The molecule has 7 heteroatoms. The molecule has 0 spiro atoms. The highest BCUT2D eigenvalue weighted by Gasteiger charge is 2.26. The molecule has 4 rings (SSSR count). The maximum atomic E-state index is 12.9. The molecule has 1 amide bonds. The van der Waals surface area contributed by atoms with Crippen LogP contribution in [-0.4, -0.2) is 25.9 Å². The molecule has 0 bridgehead atoms. The van der Waals surface area contributed by atoms with Gasteiger partial charge in [0.25, 0.3) is 0 Å². The standard InChI is InChI=1S/C24H30N4OS2/c1-16-11-12-17(2)21(14-16)25-23(29)18(3)31-24-27-26-22(15-20-10-7-13-30-20)28(24)19-8-5-4-6-9-19/h7,10-14,18-19H,4-6,8-9,15H2,1-3H3,(H,25,29). The molecule has 1 N–H and O–H groups in total. The number of thioether (sulfide) groups is 1. The molecule has 1 unspecified atom stereocenters. The lowest BCUT2D eigenvalue weighted by atomic mass is 9.95. The molecule has 3 aromatic rings. The summed E-state index contributed by atoms with van der Waals surface area (Å²) in [5.74, 6) is 1.01. The van der Waals surface area contributed by atoms with Gasteiger partial charge >= 0.3 is 0 Å². The van der Waals surface area contributed by atoms with E-state index in [-0.39, 0.29) is 11.2 Å². The van der Waals surface area contributed by atoms with E-state index in [4.69, 9.17) is 0 Å². The van der Waals surface area contributed by atoms with Gasteiger partial charge in [0.15, 0.2) is 5.16 Å². The Kier molecular flexibility index (Phi) is 7.13. The van der Waals surface area contributed by atoms with Crippen LogP contribution in [-0.2, 0) is 11.2 Å². The van der Waals surface area contributed by atoms with Crippen LogP contribution in [0.25, 0.3) is 0 Å². The number of hydrogen-bond acceptors (Lipinski definition) is 5. The molecule has 0 aliphatic heterocycles. The van der Waals surface area contributed by atoms with E-state index >= 15 is 0 Å². The van der Waals surface area contributed by atoms with Gasteiger partial charge in [-0.05, 0) is 62.3 Å². The summed E-state index contributed by atoms with van der Waals surface area (Å²) in [5, 5.41) is 14.9. The number of anilines is 1. The Hall–Kier alpha value is -2.12. The van der Waals surface area contributed by atoms with Crippen LogP contribution in [0.2, 0.25) is 0 Å². The molecule has 0 radical (unpaired) electrons. The topological polar surface area (TPSA) is 59.8 Å². The maximum absolute atomic E-state index is 12.9. The van der Waals surface area contributed by atoms with Gasteiger partial charge in [0.1, 0.15) is 5.82 Å². The van der Waals surface area contributed by atoms with E-state index in [1.54, 1.807) is 11.3 Å². The molecule has 2 aromatic heterocycles. The van der Waals surface area contributed by atoms with Crippen molar-refractivity contribution < 1.29 is 4.79 Å². The zero-order chi connectivity index (χ0) is 21.8. The number of benzene rings is 1. The van der Waals surface area contributed by atoms with E-state index in [0.29, 0.717) is 6.04 Å². The Labute approximate surface area is 192 Å². The molecule has 1 aliphatic carbocycles. The molecule has 1 aliphatic rings. The predicted molar refractivity (Wildman–Crippen MR) is 129 cm³/mol. The number of aryl methyl sites for hydroxylation is 2. The fourth-order valence-corrected chi connectivity index (χ4v) is 5.74. The SMILES string of the molecule is Cc1ccc(C)c(NC(=O)C(C)Sc2nnc(Cc3cccs3)n2C2CCCCC2)c1. The largest absolute Gasteiger partial charge is 0.325 e. The first kappa shape index (κ1) is 22.1. The van der Waals surface area contributed by atoms with Gasteiger partial charge in [-0.15, -0.1) is 21.5 Å². The molecule has 1 fully saturated rings. The van der Waals surface area contributed by atoms with Gasteiger partial charge in [-0.3, -0.25) is 4.79 Å². The third kappa shape index (κ3) is 5.39. The first-order chi connectivity index (χ1) is 15.0. The average Bonchev–Trinajstić information content (AvgIpc) is 3.41. The van der Waals surface area contributed by atoms with Crippen LogP contribution in [0, 0.1) is 13.8 Å². The summed E-state index contributed by atoms with van der Waals surface area (Å²) in [6.45, 7) is 6.00. The van der Waals surface area contributed by atoms with Crippen molar-refractivity contribution >= 4 is 34.7 Å². The summed E-state index contributed by atoms with van der Waals surface area (Å²) in [7, 11) is 0. The first-order valence-corrected chi connectivity index (χ1v) is 12.8. The summed E-state index contributed by atoms with van der Waals surface area (Å²) in [6, 6.07) is 10.8. The molecule has 0 saturated heterocycles. The summed E-state index contributed by atoms with van der Waals surface area (Å²) in [5.41, 5.74) is 3.08. The Bertz CT molecular complexity index is 1020. The van der Waals surface area contributed by atoms with Crippen molar-refractivity contribution in [3.8, 4) is 0 Å². The van der Waals surface area contributed by atoms with Crippen LogP contribution in [0.15, 0.2) is 40.9 Å². The molecular formula is C24H30N4OS2. The van der Waals surface area contributed by atoms with Gasteiger partial charge in [-0.2, -0.15) is 0 Å². The zero-order valence-electron chi connectivity index (χ0n) is 18.4. The van der Waals surface area contributed by atoms with Crippen molar-refractivity contribution in [3.05, 3.63) is 57.5 Å². The van der Waals surface area contributed by atoms with Gasteiger partial charge in [0.2, 0.25) is 5.91 Å². The van der Waals surface area contributed by atoms with Crippen molar-refractivity contribution in [2.24, 2.45) is 0 Å². The normalized spacial score (nSPS) is 15.7. The lowest BCUT2D eigenvalue weighted by molar-refractivity contribution is -0.115. The van der Waals surface area contributed by atoms with Gasteiger partial charge < -0.3 is 9.88 Å². The molecule has 1 saturated carbocycles. The lowest BCUT2D eigenvalue weighted by Crippen LogP contribution is -2.24. The van der Waals surface area contributed by atoms with Gasteiger partial charge in [0.05, 0.1) is 5.25 Å². The number of thiophene rings is 1. The van der Waals surface area contributed by atoms with Crippen molar-refractivity contribution in [2.45, 2.75) is 75.7 Å². The highest BCUT2D eigenvalue weighted by Crippen LogP contribution is 2.35. The van der Waals surface area contributed by atoms with Crippen LogP contribution < -0.4 is 5.32 Å². The molecule has 164 valence electrons. The summed E-state index contributed by atoms with van der Waals surface area (Å²) >= 11 is 3.27. The fraction of sp³-hybridized carbons (Fsp3) is 0.458. The zero-order valence-corrected chi connectivity index (χ0v) is 20.1. The summed E-state index contributed by atoms with van der Waals surface area (Å²) in [6.07, 6.45) is 6.90. The molecular weight excluding hydrogens is 424 g/mol. The number of rotatable bonds is 7. The number of nitrogens with zero attached hydrogens (tertiary/aromatic N) is 3. The molecule has 31 heavy (non-hydrogen) atoms. The van der Waals surface area contributed by atoms with Gasteiger partial charge in [0, 0.05) is 23.0 Å². The maximum Gasteiger partial charge on any atom is 0.237 e. The second-order valence-electron chi connectivity index (χ2n) is 8.38. The van der Waals surface area contributed by atoms with Crippen LogP contribution >= 0.6 is 23.1 Å². The van der Waals surface area contributed by atoms with E-state index in [9.17, 15) is 4.79 Å². The minimum Gasteiger partial charge on any atom is -0.325 e. The number of nitrogens with one attached hydrogen (secondary N) is 1. The highest BCUT2D eigenvalue weighted by molar-refractivity contribution is 8.00. The minimum absolute atomic E-state index is 0.00305.